The zero-order valence-corrected chi connectivity index (χ0v) is 14.1. The van der Waals surface area contributed by atoms with Gasteiger partial charge in [-0.05, 0) is 42.3 Å². The van der Waals surface area contributed by atoms with E-state index in [2.05, 4.69) is 21.0 Å². The minimum Gasteiger partial charge on any atom is -0.290 e. The van der Waals surface area contributed by atoms with Crippen molar-refractivity contribution in [3.8, 4) is 0 Å². The van der Waals surface area contributed by atoms with Crippen molar-refractivity contribution in [2.24, 2.45) is 7.05 Å². The molecule has 114 valence electrons. The first-order valence-corrected chi connectivity index (χ1v) is 8.66. The summed E-state index contributed by atoms with van der Waals surface area (Å²) >= 11 is 2.86. The first-order valence-electron chi connectivity index (χ1n) is 6.97. The van der Waals surface area contributed by atoms with E-state index >= 15 is 0 Å². The summed E-state index contributed by atoms with van der Waals surface area (Å²) in [6, 6.07) is 7.87. The van der Waals surface area contributed by atoms with Gasteiger partial charge in [-0.15, -0.1) is 11.3 Å². The molecule has 0 aliphatic carbocycles. The molecule has 5 nitrogen and oxygen atoms in total. The highest BCUT2D eigenvalue weighted by Crippen LogP contribution is 2.30. The van der Waals surface area contributed by atoms with Crippen molar-refractivity contribution in [2.45, 2.75) is 17.1 Å². The molecule has 0 aliphatic rings. The summed E-state index contributed by atoms with van der Waals surface area (Å²) in [6.07, 6.45) is 1.54. The summed E-state index contributed by atoms with van der Waals surface area (Å²) in [7, 11) is 1.74. The van der Waals surface area contributed by atoms with Crippen molar-refractivity contribution in [3.05, 3.63) is 51.9 Å². The van der Waals surface area contributed by atoms with Crippen LogP contribution in [0.1, 0.15) is 5.56 Å². The van der Waals surface area contributed by atoms with Crippen LogP contribution in [-0.4, -0.2) is 19.5 Å². The molecule has 0 fully saturated rings. The number of thiophene rings is 1. The summed E-state index contributed by atoms with van der Waals surface area (Å²) < 4.78 is 1.57. The zero-order valence-electron chi connectivity index (χ0n) is 12.5. The van der Waals surface area contributed by atoms with Crippen molar-refractivity contribution in [2.75, 3.05) is 0 Å². The van der Waals surface area contributed by atoms with Gasteiger partial charge in [0, 0.05) is 12.4 Å². The van der Waals surface area contributed by atoms with E-state index in [9.17, 15) is 4.79 Å². The molecule has 0 unspecified atom stereocenters. The van der Waals surface area contributed by atoms with Crippen LogP contribution < -0.4 is 5.56 Å². The fourth-order valence-corrected chi connectivity index (χ4v) is 4.10. The van der Waals surface area contributed by atoms with Gasteiger partial charge in [-0.2, -0.15) is 0 Å². The number of hydrogen-bond donors (Lipinski definition) is 0. The Bertz CT molecular complexity index is 1100. The second-order valence-corrected chi connectivity index (χ2v) is 7.05. The monoisotopic (exact) mass is 340 g/mol. The fraction of sp³-hybridized carbons (Fsp3) is 0.125. The minimum atomic E-state index is -0.0340. The molecule has 7 heteroatoms. The quantitative estimate of drug-likeness (QED) is 0.413. The molecule has 3 aromatic heterocycles. The maximum Gasteiger partial charge on any atom is 0.262 e. The predicted octanol–water partition coefficient (Wildman–Crippen LogP) is 3.40. The molecule has 1 aromatic carbocycles. The molecule has 0 N–H and O–H groups in total. The topological polar surface area (TPSA) is 60.7 Å². The minimum absolute atomic E-state index is 0.0340. The van der Waals surface area contributed by atoms with Gasteiger partial charge < -0.3 is 0 Å². The van der Waals surface area contributed by atoms with Gasteiger partial charge in [-0.3, -0.25) is 9.36 Å². The Labute approximate surface area is 140 Å². The highest BCUT2D eigenvalue weighted by atomic mass is 32.2. The van der Waals surface area contributed by atoms with Crippen molar-refractivity contribution >= 4 is 44.2 Å². The van der Waals surface area contributed by atoms with Gasteiger partial charge in [-0.1, -0.05) is 11.6 Å². The second-order valence-electron chi connectivity index (χ2n) is 5.20. The molecule has 0 saturated carbocycles. The third-order valence-corrected chi connectivity index (χ3v) is 5.48. The van der Waals surface area contributed by atoms with E-state index in [0.29, 0.717) is 10.5 Å². The van der Waals surface area contributed by atoms with Gasteiger partial charge >= 0.3 is 0 Å². The Morgan fingerprint density at radius 2 is 2.04 bits per heavy atom. The van der Waals surface area contributed by atoms with E-state index in [-0.39, 0.29) is 5.56 Å². The lowest BCUT2D eigenvalue weighted by Gasteiger charge is -2.08. The largest absolute Gasteiger partial charge is 0.290 e. The Morgan fingerprint density at radius 1 is 1.17 bits per heavy atom. The van der Waals surface area contributed by atoms with Gasteiger partial charge in [-0.25, -0.2) is 15.0 Å². The SMILES string of the molecule is Cc1ccc2ncnc(Sc3nc4sccc4c(=O)n3C)c2c1. The third kappa shape index (κ3) is 2.42. The Kier molecular flexibility index (Phi) is 3.39. The zero-order chi connectivity index (χ0) is 16.0. The molecule has 0 bridgehead atoms. The summed E-state index contributed by atoms with van der Waals surface area (Å²) in [6.45, 7) is 2.03. The van der Waals surface area contributed by atoms with Crippen molar-refractivity contribution < 1.29 is 0 Å². The lowest BCUT2D eigenvalue weighted by atomic mass is 10.2. The highest BCUT2D eigenvalue weighted by Gasteiger charge is 2.13. The van der Waals surface area contributed by atoms with Crippen LogP contribution in [-0.2, 0) is 7.05 Å². The normalized spacial score (nSPS) is 11.4. The average molecular weight is 340 g/mol. The van der Waals surface area contributed by atoms with Crippen LogP contribution >= 0.6 is 23.1 Å². The third-order valence-electron chi connectivity index (χ3n) is 3.61. The molecular weight excluding hydrogens is 328 g/mol. The van der Waals surface area contributed by atoms with E-state index in [1.807, 2.05) is 30.5 Å². The Hall–Kier alpha value is -2.25. The summed E-state index contributed by atoms with van der Waals surface area (Å²) in [5.74, 6) is 0. The molecule has 0 saturated heterocycles. The van der Waals surface area contributed by atoms with Crippen LogP contribution in [0.2, 0.25) is 0 Å². The van der Waals surface area contributed by atoms with E-state index in [4.69, 9.17) is 0 Å². The van der Waals surface area contributed by atoms with Crippen molar-refractivity contribution in [3.63, 3.8) is 0 Å². The molecule has 4 rings (SSSR count). The number of aryl methyl sites for hydroxylation is 1. The lowest BCUT2D eigenvalue weighted by Crippen LogP contribution is -2.19. The summed E-state index contributed by atoms with van der Waals surface area (Å²) in [4.78, 5) is 26.4. The van der Waals surface area contributed by atoms with Crippen LogP contribution in [0.3, 0.4) is 0 Å². The second kappa shape index (κ2) is 5.43. The van der Waals surface area contributed by atoms with Crippen LogP contribution in [0.5, 0.6) is 0 Å². The number of benzene rings is 1. The molecule has 3 heterocycles. The van der Waals surface area contributed by atoms with Gasteiger partial charge in [0.2, 0.25) is 0 Å². The predicted molar refractivity (Wildman–Crippen MR) is 93.3 cm³/mol. The van der Waals surface area contributed by atoms with Gasteiger partial charge in [0.15, 0.2) is 5.16 Å². The van der Waals surface area contributed by atoms with Crippen LogP contribution in [0.4, 0.5) is 0 Å². The van der Waals surface area contributed by atoms with E-state index in [1.165, 1.54) is 23.1 Å². The molecule has 23 heavy (non-hydrogen) atoms. The van der Waals surface area contributed by atoms with Gasteiger partial charge in [0.1, 0.15) is 16.2 Å². The molecule has 0 amide bonds. The first kappa shape index (κ1) is 14.3. The Balaban J connectivity index is 1.90. The molecular formula is C16H12N4OS2. The van der Waals surface area contributed by atoms with E-state index in [0.717, 1.165) is 26.3 Å². The molecule has 4 aromatic rings. The molecule has 0 spiro atoms. The number of nitrogens with zero attached hydrogens (tertiary/aromatic N) is 4. The standard InChI is InChI=1S/C16H12N4OS2/c1-9-3-4-12-11(7-9)13(18-8-17-12)23-16-19-14-10(5-6-22-14)15(21)20(16)2/h3-8H,1-2H3. The maximum atomic E-state index is 12.4. The summed E-state index contributed by atoms with van der Waals surface area (Å²) in [5.41, 5.74) is 1.99. The average Bonchev–Trinajstić information content (AvgIpc) is 3.01. The molecule has 0 atom stereocenters. The number of fused-ring (bicyclic) bond motifs is 2. The van der Waals surface area contributed by atoms with Crippen LogP contribution in [0.15, 0.2) is 50.9 Å². The highest BCUT2D eigenvalue weighted by molar-refractivity contribution is 7.99. The van der Waals surface area contributed by atoms with E-state index < -0.39 is 0 Å². The van der Waals surface area contributed by atoms with Gasteiger partial charge in [0.05, 0.1) is 10.9 Å². The first-order chi connectivity index (χ1) is 11.1. The van der Waals surface area contributed by atoms with Gasteiger partial charge in [0.25, 0.3) is 5.56 Å². The fourth-order valence-electron chi connectivity index (χ4n) is 2.39. The Morgan fingerprint density at radius 3 is 2.91 bits per heavy atom. The molecule has 0 radical (unpaired) electrons. The van der Waals surface area contributed by atoms with Crippen LogP contribution in [0, 0.1) is 6.92 Å². The number of hydrogen-bond acceptors (Lipinski definition) is 6. The lowest BCUT2D eigenvalue weighted by molar-refractivity contribution is 0.727. The molecule has 0 aliphatic heterocycles. The maximum absolute atomic E-state index is 12.4. The smallest absolute Gasteiger partial charge is 0.262 e. The van der Waals surface area contributed by atoms with Crippen LogP contribution in [0.25, 0.3) is 21.1 Å². The van der Waals surface area contributed by atoms with Crippen molar-refractivity contribution in [1.82, 2.24) is 19.5 Å². The summed E-state index contributed by atoms with van der Waals surface area (Å²) in [5, 5.41) is 4.95. The van der Waals surface area contributed by atoms with Crippen molar-refractivity contribution in [1.29, 1.82) is 0 Å². The number of rotatable bonds is 2. The van der Waals surface area contributed by atoms with E-state index in [1.54, 1.807) is 17.9 Å². The number of aromatic nitrogens is 4.